The molecule has 3 aromatic carbocycles. The van der Waals surface area contributed by atoms with E-state index in [4.69, 9.17) is 4.98 Å². The first-order valence-corrected chi connectivity index (χ1v) is 21.5. The van der Waals surface area contributed by atoms with Crippen LogP contribution < -0.4 is 5.19 Å². The Morgan fingerprint density at radius 1 is 0.918 bits per heavy atom. The molecule has 0 saturated heterocycles. The predicted molar refractivity (Wildman–Crippen MR) is 204 cm³/mol. The van der Waals surface area contributed by atoms with Crippen LogP contribution in [0, 0.1) is 29.5 Å². The molecule has 1 N–H and O–H groups in total. The van der Waals surface area contributed by atoms with Crippen LogP contribution in [0.4, 0.5) is 8.78 Å². The van der Waals surface area contributed by atoms with E-state index in [0.717, 1.165) is 52.4 Å². The fourth-order valence-corrected chi connectivity index (χ4v) is 9.29. The fourth-order valence-electron chi connectivity index (χ4n) is 6.40. The molecule has 5 rings (SSSR count). The summed E-state index contributed by atoms with van der Waals surface area (Å²) >= 11 is 1.37. The largest absolute Gasteiger partial charge is 0.512 e. The van der Waals surface area contributed by atoms with E-state index >= 15 is 8.78 Å². The number of aromatic nitrogens is 1. The van der Waals surface area contributed by atoms with Crippen LogP contribution in [0.25, 0.3) is 42.2 Å². The van der Waals surface area contributed by atoms with Gasteiger partial charge in [0.15, 0.2) is 5.78 Å². The Balaban J connectivity index is 0.000000347. The average Bonchev–Trinajstić information content (AvgIpc) is 3.40. The number of halogens is 2. The van der Waals surface area contributed by atoms with Crippen molar-refractivity contribution in [2.45, 2.75) is 99.2 Å². The van der Waals surface area contributed by atoms with Gasteiger partial charge in [0.25, 0.3) is 0 Å². The average molecular weight is 879 g/mol. The number of nitrogens with zero attached hydrogens (tertiary/aromatic N) is 1. The van der Waals surface area contributed by atoms with Gasteiger partial charge >= 0.3 is 0 Å². The Morgan fingerprint density at radius 3 is 2.10 bits per heavy atom. The van der Waals surface area contributed by atoms with Crippen molar-refractivity contribution in [1.82, 2.24) is 4.98 Å². The third kappa shape index (κ3) is 8.76. The number of fused-ring (bicyclic) bond motifs is 4. The SMILES string of the molecule is CC(C)(C)c1cc(-c2nccc3c2sc2c(F)c([Si](C)(C)C)c(F)cc23)[c-]c2ccccc12.CCC(CC)C(=O)/C=C(\O)C(CC)CC.[Ir]. The Hall–Kier alpha value is -2.77. The summed E-state index contributed by atoms with van der Waals surface area (Å²) in [5, 5.41) is 13.7. The number of hydrogen-bond acceptors (Lipinski definition) is 4. The second-order valence-corrected chi connectivity index (χ2v) is 20.7. The summed E-state index contributed by atoms with van der Waals surface area (Å²) in [4.78, 5) is 16.4. The van der Waals surface area contributed by atoms with Crippen molar-refractivity contribution in [2.24, 2.45) is 11.8 Å². The normalized spacial score (nSPS) is 12.5. The van der Waals surface area contributed by atoms with Crippen LogP contribution in [0.5, 0.6) is 0 Å². The molecule has 0 fully saturated rings. The van der Waals surface area contributed by atoms with Crippen LogP contribution in [0.2, 0.25) is 19.6 Å². The van der Waals surface area contributed by atoms with E-state index in [1.165, 1.54) is 34.4 Å². The summed E-state index contributed by atoms with van der Waals surface area (Å²) in [5.41, 5.74) is 2.78. The van der Waals surface area contributed by atoms with E-state index in [-0.39, 0.29) is 54.1 Å². The fraction of sp³-hybridized carbons (Fsp3) is 0.415. The molecule has 1 radical (unpaired) electrons. The predicted octanol–water partition coefficient (Wildman–Crippen LogP) is 12.1. The molecule has 5 aromatic rings. The van der Waals surface area contributed by atoms with Gasteiger partial charge in [0, 0.05) is 65.2 Å². The number of hydrogen-bond donors (Lipinski definition) is 1. The molecule has 49 heavy (non-hydrogen) atoms. The van der Waals surface area contributed by atoms with Crippen molar-refractivity contribution in [2.75, 3.05) is 0 Å². The van der Waals surface area contributed by atoms with Gasteiger partial charge < -0.3 is 5.11 Å². The molecular formula is C41H50F2IrNO2SSi-. The second kappa shape index (κ2) is 16.5. The molecule has 0 spiro atoms. The number of thiophene rings is 1. The van der Waals surface area contributed by atoms with Crippen LogP contribution in [-0.2, 0) is 30.3 Å². The number of benzene rings is 3. The number of carbonyl (C=O) groups is 1. The smallest absolute Gasteiger partial charge is 0.162 e. The Morgan fingerprint density at radius 2 is 1.53 bits per heavy atom. The third-order valence-electron chi connectivity index (χ3n) is 9.24. The van der Waals surface area contributed by atoms with Gasteiger partial charge in [-0.1, -0.05) is 97.3 Å². The van der Waals surface area contributed by atoms with Crippen LogP contribution in [0.15, 0.2) is 60.5 Å². The molecule has 0 bridgehead atoms. The summed E-state index contributed by atoms with van der Waals surface area (Å²) in [6, 6.07) is 17.3. The van der Waals surface area contributed by atoms with Crippen LogP contribution in [0.1, 0.15) is 79.7 Å². The minimum atomic E-state index is -2.19. The van der Waals surface area contributed by atoms with Crippen molar-refractivity contribution in [3.05, 3.63) is 83.8 Å². The topological polar surface area (TPSA) is 50.2 Å². The number of pyridine rings is 1. The monoisotopic (exact) mass is 879 g/mol. The molecular weight excluding hydrogens is 829 g/mol. The van der Waals surface area contributed by atoms with Gasteiger partial charge in [-0.15, -0.1) is 40.5 Å². The number of carbonyl (C=O) groups excluding carboxylic acids is 1. The molecule has 0 aliphatic rings. The molecule has 265 valence electrons. The molecule has 0 amide bonds. The van der Waals surface area contributed by atoms with Crippen LogP contribution in [0.3, 0.4) is 0 Å². The van der Waals surface area contributed by atoms with Gasteiger partial charge in [-0.05, 0) is 48.6 Å². The molecule has 0 aliphatic carbocycles. The molecule has 0 aliphatic heterocycles. The maximum atomic E-state index is 15.6. The minimum absolute atomic E-state index is 0. The number of aliphatic hydroxyl groups excluding tert-OH is 1. The van der Waals surface area contributed by atoms with E-state index in [1.807, 2.05) is 65.5 Å². The van der Waals surface area contributed by atoms with E-state index < -0.39 is 19.7 Å². The second-order valence-electron chi connectivity index (χ2n) is 14.7. The van der Waals surface area contributed by atoms with E-state index in [2.05, 4.69) is 45.0 Å². The first-order chi connectivity index (χ1) is 22.6. The summed E-state index contributed by atoms with van der Waals surface area (Å²) in [6.45, 7) is 20.6. The summed E-state index contributed by atoms with van der Waals surface area (Å²) in [6.07, 6.45) is 6.63. The van der Waals surface area contributed by atoms with Gasteiger partial charge in [-0.25, -0.2) is 8.78 Å². The zero-order chi connectivity index (χ0) is 35.6. The van der Waals surface area contributed by atoms with Crippen molar-refractivity contribution < 1.29 is 38.8 Å². The Labute approximate surface area is 309 Å². The van der Waals surface area contributed by atoms with E-state index in [1.54, 1.807) is 6.20 Å². The molecule has 0 unspecified atom stereocenters. The summed E-state index contributed by atoms with van der Waals surface area (Å²) in [5.74, 6) is -0.301. The van der Waals surface area contributed by atoms with Crippen molar-refractivity contribution in [1.29, 1.82) is 0 Å². The summed E-state index contributed by atoms with van der Waals surface area (Å²) in [7, 11) is -2.19. The standard InChI is InChI=1S/C28H26F2NSSi.C13H24O2.Ir/c1-28(2,3)21-14-17(13-16-9-7-8-10-18(16)21)24-26-19(11-12-31-24)20-15-22(29)27(33(4,5)6)23(30)25(20)32-26;1-5-10(6-2)12(14)9-13(15)11(7-3)8-4;/h7-12,14-15H,1-6H3;9-11,14H,5-8H2,1-4H3;/q-1;;/b;12-9-;. The third-order valence-corrected chi connectivity index (χ3v) is 12.4. The van der Waals surface area contributed by atoms with Gasteiger partial charge in [0.05, 0.1) is 18.5 Å². The summed E-state index contributed by atoms with van der Waals surface area (Å²) < 4.78 is 32.0. The molecule has 8 heteroatoms. The van der Waals surface area contributed by atoms with E-state index in [9.17, 15) is 9.90 Å². The first kappa shape index (κ1) is 40.7. The quantitative estimate of drug-likeness (QED) is 0.0695. The first-order valence-electron chi connectivity index (χ1n) is 17.2. The van der Waals surface area contributed by atoms with Crippen LogP contribution >= 0.6 is 11.3 Å². The molecule has 0 saturated carbocycles. The van der Waals surface area contributed by atoms with E-state index in [0.29, 0.717) is 10.1 Å². The van der Waals surface area contributed by atoms with Crippen LogP contribution in [-0.4, -0.2) is 23.9 Å². The maximum absolute atomic E-state index is 15.6. The van der Waals surface area contributed by atoms with Gasteiger partial charge in [-0.3, -0.25) is 9.78 Å². The van der Waals surface area contributed by atoms with Crippen molar-refractivity contribution in [3.63, 3.8) is 0 Å². The van der Waals surface area contributed by atoms with Crippen molar-refractivity contribution >= 4 is 61.3 Å². The molecule has 0 atom stereocenters. The minimum Gasteiger partial charge on any atom is -0.512 e. The number of ketones is 1. The molecule has 2 heterocycles. The van der Waals surface area contributed by atoms with Gasteiger partial charge in [0.2, 0.25) is 0 Å². The number of rotatable bonds is 9. The number of allylic oxidation sites excluding steroid dienone is 2. The van der Waals surface area contributed by atoms with Crippen molar-refractivity contribution in [3.8, 4) is 11.3 Å². The zero-order valence-corrected chi connectivity index (χ0v) is 34.7. The number of aliphatic hydroxyl groups is 1. The van der Waals surface area contributed by atoms with Gasteiger partial charge in [0.1, 0.15) is 11.6 Å². The molecule has 3 nitrogen and oxygen atoms in total. The van der Waals surface area contributed by atoms with Gasteiger partial charge in [-0.2, -0.15) is 0 Å². The molecule has 2 aromatic heterocycles. The Kier molecular flexibility index (Phi) is 13.7. The maximum Gasteiger partial charge on any atom is 0.162 e. The zero-order valence-electron chi connectivity index (χ0n) is 30.5. The Bertz CT molecular complexity index is 1960.